The van der Waals surface area contributed by atoms with Gasteiger partial charge in [0.1, 0.15) is 5.75 Å². The number of nitrogens with two attached hydrogens (primary N) is 1. The zero-order chi connectivity index (χ0) is 15.8. The van der Waals surface area contributed by atoms with E-state index in [0.717, 1.165) is 31.6 Å². The van der Waals surface area contributed by atoms with Crippen molar-refractivity contribution in [2.24, 2.45) is 5.73 Å². The molecule has 0 saturated carbocycles. The molecule has 0 radical (unpaired) electrons. The summed E-state index contributed by atoms with van der Waals surface area (Å²) in [6.07, 6.45) is 3.33. The van der Waals surface area contributed by atoms with E-state index in [-0.39, 0.29) is 0 Å². The van der Waals surface area contributed by atoms with Crippen LogP contribution in [0.1, 0.15) is 41.9 Å². The second-order valence-corrected chi connectivity index (χ2v) is 5.95. The number of benzene rings is 2. The van der Waals surface area contributed by atoms with Crippen molar-refractivity contribution in [3.8, 4) is 5.75 Å². The van der Waals surface area contributed by atoms with Crippen LogP contribution < -0.4 is 10.5 Å². The summed E-state index contributed by atoms with van der Waals surface area (Å²) in [4.78, 5) is 0. The highest BCUT2D eigenvalue weighted by Crippen LogP contribution is 2.25. The number of ether oxygens (including phenoxy) is 1. The molecule has 0 aliphatic carbocycles. The topological polar surface area (TPSA) is 35.2 Å². The number of aryl methyl sites for hydroxylation is 2. The minimum absolute atomic E-state index is 0.455. The lowest BCUT2D eigenvalue weighted by atomic mass is 9.89. The van der Waals surface area contributed by atoms with Gasteiger partial charge >= 0.3 is 0 Å². The molecule has 1 atom stereocenters. The Balaban J connectivity index is 1.78. The summed E-state index contributed by atoms with van der Waals surface area (Å²) in [7, 11) is 0. The summed E-state index contributed by atoms with van der Waals surface area (Å²) >= 11 is 0. The normalized spacial score (nSPS) is 12.1. The molecular weight excluding hydrogens is 270 g/mol. The van der Waals surface area contributed by atoms with E-state index in [1.807, 2.05) is 30.3 Å². The van der Waals surface area contributed by atoms with Crippen LogP contribution >= 0.6 is 0 Å². The molecule has 0 saturated heterocycles. The van der Waals surface area contributed by atoms with E-state index in [4.69, 9.17) is 10.5 Å². The minimum atomic E-state index is 0.455. The Morgan fingerprint density at radius 3 is 2.50 bits per heavy atom. The molecule has 0 aliphatic rings. The van der Waals surface area contributed by atoms with E-state index in [0.29, 0.717) is 12.5 Å². The third-order valence-electron chi connectivity index (χ3n) is 4.12. The number of rotatable bonds is 8. The third kappa shape index (κ3) is 4.88. The van der Waals surface area contributed by atoms with Crippen molar-refractivity contribution in [2.75, 3.05) is 13.2 Å². The van der Waals surface area contributed by atoms with Gasteiger partial charge in [0.2, 0.25) is 0 Å². The minimum Gasteiger partial charge on any atom is -0.494 e. The monoisotopic (exact) mass is 297 g/mol. The standard InChI is InChI=1S/C20H27NO/c1-16-11-12-17(2)20(14-16)18(15-21)8-6-7-13-22-19-9-4-3-5-10-19/h3-5,9-12,14,18H,6-8,13,15,21H2,1-2H3. The number of hydrogen-bond acceptors (Lipinski definition) is 2. The van der Waals surface area contributed by atoms with Crippen LogP contribution in [0.5, 0.6) is 5.75 Å². The molecule has 0 amide bonds. The van der Waals surface area contributed by atoms with Crippen LogP contribution in [0.4, 0.5) is 0 Å². The lowest BCUT2D eigenvalue weighted by molar-refractivity contribution is 0.303. The van der Waals surface area contributed by atoms with Crippen LogP contribution in [-0.4, -0.2) is 13.2 Å². The summed E-state index contributed by atoms with van der Waals surface area (Å²) < 4.78 is 5.74. The van der Waals surface area contributed by atoms with E-state index >= 15 is 0 Å². The van der Waals surface area contributed by atoms with Gasteiger partial charge < -0.3 is 10.5 Å². The molecule has 2 heteroatoms. The van der Waals surface area contributed by atoms with Crippen LogP contribution in [0.3, 0.4) is 0 Å². The first-order valence-corrected chi connectivity index (χ1v) is 8.15. The van der Waals surface area contributed by atoms with Crippen molar-refractivity contribution in [2.45, 2.75) is 39.0 Å². The van der Waals surface area contributed by atoms with Gasteiger partial charge in [-0.3, -0.25) is 0 Å². The van der Waals surface area contributed by atoms with Gasteiger partial charge in [-0.2, -0.15) is 0 Å². The maximum Gasteiger partial charge on any atom is 0.119 e. The predicted octanol–water partition coefficient (Wildman–Crippen LogP) is 4.60. The smallest absolute Gasteiger partial charge is 0.119 e. The third-order valence-corrected chi connectivity index (χ3v) is 4.12. The quantitative estimate of drug-likeness (QED) is 0.723. The summed E-state index contributed by atoms with van der Waals surface area (Å²) in [5.41, 5.74) is 10.1. The number of para-hydroxylation sites is 1. The second-order valence-electron chi connectivity index (χ2n) is 5.95. The van der Waals surface area contributed by atoms with Crippen LogP contribution in [-0.2, 0) is 0 Å². The van der Waals surface area contributed by atoms with Gasteiger partial charge in [0.25, 0.3) is 0 Å². The summed E-state index contributed by atoms with van der Waals surface area (Å²) in [5.74, 6) is 1.41. The summed E-state index contributed by atoms with van der Waals surface area (Å²) in [5, 5.41) is 0. The van der Waals surface area contributed by atoms with Gasteiger partial charge in [-0.15, -0.1) is 0 Å². The van der Waals surface area contributed by atoms with E-state index in [2.05, 4.69) is 32.0 Å². The van der Waals surface area contributed by atoms with Crippen molar-refractivity contribution >= 4 is 0 Å². The van der Waals surface area contributed by atoms with Gasteiger partial charge in [-0.1, -0.05) is 42.0 Å². The Morgan fingerprint density at radius 2 is 1.77 bits per heavy atom. The first-order valence-electron chi connectivity index (χ1n) is 8.15. The van der Waals surface area contributed by atoms with Crippen molar-refractivity contribution in [3.63, 3.8) is 0 Å². The predicted molar refractivity (Wildman–Crippen MR) is 93.5 cm³/mol. The zero-order valence-electron chi connectivity index (χ0n) is 13.7. The number of unbranched alkanes of at least 4 members (excludes halogenated alkanes) is 1. The van der Waals surface area contributed by atoms with Crippen LogP contribution in [0, 0.1) is 13.8 Å². The van der Waals surface area contributed by atoms with Crippen molar-refractivity contribution in [1.82, 2.24) is 0 Å². The second kappa shape index (κ2) is 8.60. The lowest BCUT2D eigenvalue weighted by Gasteiger charge is -2.18. The fourth-order valence-electron chi connectivity index (χ4n) is 2.80. The highest BCUT2D eigenvalue weighted by Gasteiger charge is 2.12. The molecule has 0 spiro atoms. The van der Waals surface area contributed by atoms with Gasteiger partial charge in [0, 0.05) is 0 Å². The highest BCUT2D eigenvalue weighted by atomic mass is 16.5. The van der Waals surface area contributed by atoms with Crippen molar-refractivity contribution in [3.05, 3.63) is 65.2 Å². The first kappa shape index (κ1) is 16.6. The molecule has 0 aliphatic heterocycles. The van der Waals surface area contributed by atoms with Gasteiger partial charge in [-0.25, -0.2) is 0 Å². The van der Waals surface area contributed by atoms with E-state index in [1.165, 1.54) is 16.7 Å². The summed E-state index contributed by atoms with van der Waals surface area (Å²) in [6.45, 7) is 5.80. The molecule has 2 aromatic rings. The van der Waals surface area contributed by atoms with Gasteiger partial charge in [0.05, 0.1) is 6.61 Å². The van der Waals surface area contributed by atoms with Crippen molar-refractivity contribution < 1.29 is 4.74 Å². The molecule has 0 heterocycles. The van der Waals surface area contributed by atoms with Gasteiger partial charge in [-0.05, 0) is 68.8 Å². The van der Waals surface area contributed by atoms with Crippen LogP contribution in [0.25, 0.3) is 0 Å². The fourth-order valence-corrected chi connectivity index (χ4v) is 2.80. The first-order chi connectivity index (χ1) is 10.7. The summed E-state index contributed by atoms with van der Waals surface area (Å²) in [6, 6.07) is 16.7. The fraction of sp³-hybridized carbons (Fsp3) is 0.400. The Labute approximate surface area is 134 Å². The average Bonchev–Trinajstić information content (AvgIpc) is 2.54. The van der Waals surface area contributed by atoms with E-state index in [1.54, 1.807) is 0 Å². The lowest BCUT2D eigenvalue weighted by Crippen LogP contribution is -2.14. The molecule has 0 fully saturated rings. The van der Waals surface area contributed by atoms with Gasteiger partial charge in [0.15, 0.2) is 0 Å². The molecular formula is C20H27NO. The zero-order valence-corrected chi connectivity index (χ0v) is 13.7. The molecule has 2 nitrogen and oxygen atoms in total. The molecule has 1 unspecified atom stereocenters. The highest BCUT2D eigenvalue weighted by molar-refractivity contribution is 5.33. The average molecular weight is 297 g/mol. The SMILES string of the molecule is Cc1ccc(C)c(C(CN)CCCCOc2ccccc2)c1. The molecule has 22 heavy (non-hydrogen) atoms. The Kier molecular flexibility index (Phi) is 6.47. The van der Waals surface area contributed by atoms with Crippen LogP contribution in [0.15, 0.2) is 48.5 Å². The molecule has 0 bridgehead atoms. The Hall–Kier alpha value is -1.80. The number of hydrogen-bond donors (Lipinski definition) is 1. The molecule has 118 valence electrons. The maximum atomic E-state index is 6.00. The maximum absolute atomic E-state index is 6.00. The van der Waals surface area contributed by atoms with Crippen LogP contribution in [0.2, 0.25) is 0 Å². The molecule has 2 aromatic carbocycles. The Bertz CT molecular complexity index is 565. The van der Waals surface area contributed by atoms with Crippen molar-refractivity contribution in [1.29, 1.82) is 0 Å². The molecule has 0 aromatic heterocycles. The Morgan fingerprint density at radius 1 is 1.00 bits per heavy atom. The molecule has 2 rings (SSSR count). The largest absolute Gasteiger partial charge is 0.494 e. The van der Waals surface area contributed by atoms with E-state index in [9.17, 15) is 0 Å². The molecule has 2 N–H and O–H groups in total. The van der Waals surface area contributed by atoms with E-state index < -0.39 is 0 Å².